The number of nitrogen functional groups attached to an aromatic ring is 1. The van der Waals surface area contributed by atoms with Crippen molar-refractivity contribution in [2.75, 3.05) is 5.73 Å². The van der Waals surface area contributed by atoms with Crippen molar-refractivity contribution in [3.05, 3.63) is 53.0 Å². The minimum absolute atomic E-state index is 0.313. The quantitative estimate of drug-likeness (QED) is 0.516. The van der Waals surface area contributed by atoms with Crippen molar-refractivity contribution in [2.24, 2.45) is 4.99 Å². The summed E-state index contributed by atoms with van der Waals surface area (Å²) in [5, 5.41) is 16.3. The Bertz CT molecular complexity index is 803. The van der Waals surface area contributed by atoms with Gasteiger partial charge in [-0.25, -0.2) is 4.99 Å². The Balaban J connectivity index is 1.97. The molecule has 0 amide bonds. The molecular weight excluding hydrogens is 302 g/mol. The summed E-state index contributed by atoms with van der Waals surface area (Å²) in [4.78, 5) is 3.99. The number of aromatic nitrogens is 2. The van der Waals surface area contributed by atoms with Gasteiger partial charge in [0.25, 0.3) is 0 Å². The SMILES string of the molecule is N=C(C1=CC=NC(Cl)=CC1)c1cc(-c2nnco2)ccc1N. The lowest BCUT2D eigenvalue weighted by Crippen LogP contribution is -2.07. The predicted molar refractivity (Wildman–Crippen MR) is 86.1 cm³/mol. The number of benzene rings is 1. The summed E-state index contributed by atoms with van der Waals surface area (Å²) in [5.41, 5.74) is 8.91. The normalized spacial score (nSPS) is 14.2. The molecule has 0 atom stereocenters. The fraction of sp³-hybridized carbons (Fsp3) is 0.0667. The standard InChI is InChI=1S/C15H12ClN5O/c16-13-4-2-9(5-6-19-13)14(18)11-7-10(1-3-12(11)17)15-21-20-8-22-15/h1,3-8,18H,2,17H2. The summed E-state index contributed by atoms with van der Waals surface area (Å²) in [6.07, 6.45) is 6.86. The molecule has 0 unspecified atom stereocenters. The highest BCUT2D eigenvalue weighted by Gasteiger charge is 2.14. The topological polar surface area (TPSA) is 101 Å². The lowest BCUT2D eigenvalue weighted by atomic mass is 9.96. The molecule has 0 saturated carbocycles. The number of allylic oxidation sites excluding steroid dienone is 3. The zero-order chi connectivity index (χ0) is 15.5. The summed E-state index contributed by atoms with van der Waals surface area (Å²) >= 11 is 5.87. The molecule has 0 spiro atoms. The molecule has 1 aromatic heterocycles. The highest BCUT2D eigenvalue weighted by molar-refractivity contribution is 6.30. The number of halogens is 1. The van der Waals surface area contributed by atoms with E-state index < -0.39 is 0 Å². The van der Waals surface area contributed by atoms with Gasteiger partial charge in [0.2, 0.25) is 12.3 Å². The lowest BCUT2D eigenvalue weighted by Gasteiger charge is -2.10. The molecular formula is C15H12ClN5O. The van der Waals surface area contributed by atoms with Crippen molar-refractivity contribution in [3.63, 3.8) is 0 Å². The fourth-order valence-corrected chi connectivity index (χ4v) is 2.21. The highest BCUT2D eigenvalue weighted by Crippen LogP contribution is 2.25. The first-order valence-electron chi connectivity index (χ1n) is 6.49. The molecule has 0 fully saturated rings. The molecule has 6 nitrogen and oxygen atoms in total. The van der Waals surface area contributed by atoms with Gasteiger partial charge in [0.15, 0.2) is 0 Å². The largest absolute Gasteiger partial charge is 0.423 e. The summed E-state index contributed by atoms with van der Waals surface area (Å²) in [6.45, 7) is 0. The maximum absolute atomic E-state index is 8.40. The van der Waals surface area contributed by atoms with Crippen LogP contribution in [0.1, 0.15) is 12.0 Å². The second-order valence-corrected chi connectivity index (χ2v) is 5.01. The van der Waals surface area contributed by atoms with E-state index in [0.29, 0.717) is 40.0 Å². The van der Waals surface area contributed by atoms with E-state index in [9.17, 15) is 0 Å². The minimum atomic E-state index is 0.313. The van der Waals surface area contributed by atoms with Crippen LogP contribution in [0.5, 0.6) is 0 Å². The van der Waals surface area contributed by atoms with Crippen molar-refractivity contribution >= 4 is 29.2 Å². The van der Waals surface area contributed by atoms with Crippen molar-refractivity contribution in [1.29, 1.82) is 5.41 Å². The predicted octanol–water partition coefficient (Wildman–Crippen LogP) is 3.17. The number of aliphatic imine (C=N–C) groups is 1. The van der Waals surface area contributed by atoms with Crippen LogP contribution in [0.3, 0.4) is 0 Å². The Labute approximate surface area is 131 Å². The average Bonchev–Trinajstić information content (AvgIpc) is 2.96. The highest BCUT2D eigenvalue weighted by atomic mass is 35.5. The zero-order valence-electron chi connectivity index (χ0n) is 11.5. The number of nitrogens with zero attached hydrogens (tertiary/aromatic N) is 3. The van der Waals surface area contributed by atoms with E-state index >= 15 is 0 Å². The molecule has 0 radical (unpaired) electrons. The van der Waals surface area contributed by atoms with Crippen molar-refractivity contribution < 1.29 is 4.42 Å². The van der Waals surface area contributed by atoms with Gasteiger partial charge < -0.3 is 10.2 Å². The first kappa shape index (κ1) is 14.2. The van der Waals surface area contributed by atoms with E-state index in [2.05, 4.69) is 15.2 Å². The van der Waals surface area contributed by atoms with Gasteiger partial charge in [-0.1, -0.05) is 11.6 Å². The molecule has 110 valence electrons. The Hall–Kier alpha value is -2.73. The third-order valence-corrected chi connectivity index (χ3v) is 3.47. The molecule has 0 bridgehead atoms. The Morgan fingerprint density at radius 3 is 3.00 bits per heavy atom. The van der Waals surface area contributed by atoms with Gasteiger partial charge in [-0.3, -0.25) is 5.41 Å². The Morgan fingerprint density at radius 2 is 2.23 bits per heavy atom. The third kappa shape index (κ3) is 2.82. The van der Waals surface area contributed by atoms with E-state index in [1.54, 1.807) is 36.6 Å². The minimum Gasteiger partial charge on any atom is -0.423 e. The van der Waals surface area contributed by atoms with Gasteiger partial charge in [0.05, 0.1) is 5.71 Å². The summed E-state index contributed by atoms with van der Waals surface area (Å²) in [7, 11) is 0. The Morgan fingerprint density at radius 1 is 1.36 bits per heavy atom. The van der Waals surface area contributed by atoms with Gasteiger partial charge in [-0.2, -0.15) is 0 Å². The van der Waals surface area contributed by atoms with Crippen LogP contribution in [-0.4, -0.2) is 22.1 Å². The van der Waals surface area contributed by atoms with Gasteiger partial charge in [0, 0.05) is 23.0 Å². The monoisotopic (exact) mass is 313 g/mol. The lowest BCUT2D eigenvalue weighted by molar-refractivity contribution is 0.568. The molecule has 1 aromatic carbocycles. The second kappa shape index (κ2) is 5.95. The van der Waals surface area contributed by atoms with Gasteiger partial charge in [-0.15, -0.1) is 10.2 Å². The average molecular weight is 314 g/mol. The van der Waals surface area contributed by atoms with Crippen molar-refractivity contribution in [1.82, 2.24) is 10.2 Å². The van der Waals surface area contributed by atoms with Crippen LogP contribution in [0.2, 0.25) is 0 Å². The molecule has 22 heavy (non-hydrogen) atoms. The van der Waals surface area contributed by atoms with E-state index in [1.165, 1.54) is 6.39 Å². The van der Waals surface area contributed by atoms with Gasteiger partial charge in [0.1, 0.15) is 5.16 Å². The van der Waals surface area contributed by atoms with Crippen LogP contribution in [-0.2, 0) is 0 Å². The van der Waals surface area contributed by atoms with Gasteiger partial charge in [-0.05, 0) is 42.3 Å². The first-order chi connectivity index (χ1) is 10.6. The first-order valence-corrected chi connectivity index (χ1v) is 6.87. The van der Waals surface area contributed by atoms with E-state index in [4.69, 9.17) is 27.2 Å². The number of hydrogen-bond donors (Lipinski definition) is 2. The number of anilines is 1. The molecule has 2 aromatic rings. The molecule has 3 rings (SSSR count). The maximum Gasteiger partial charge on any atom is 0.247 e. The van der Waals surface area contributed by atoms with Crippen LogP contribution in [0.25, 0.3) is 11.5 Å². The second-order valence-electron chi connectivity index (χ2n) is 4.62. The van der Waals surface area contributed by atoms with Crippen LogP contribution >= 0.6 is 11.6 Å². The molecule has 0 aliphatic carbocycles. The smallest absolute Gasteiger partial charge is 0.247 e. The third-order valence-electron chi connectivity index (χ3n) is 3.21. The van der Waals surface area contributed by atoms with Crippen molar-refractivity contribution in [2.45, 2.75) is 6.42 Å². The molecule has 0 saturated heterocycles. The summed E-state index contributed by atoms with van der Waals surface area (Å²) in [5.74, 6) is 0.383. The molecule has 3 N–H and O–H groups in total. The molecule has 1 aliphatic heterocycles. The fourth-order valence-electron chi connectivity index (χ4n) is 2.08. The zero-order valence-corrected chi connectivity index (χ0v) is 12.2. The van der Waals surface area contributed by atoms with Crippen LogP contribution in [0.4, 0.5) is 5.69 Å². The summed E-state index contributed by atoms with van der Waals surface area (Å²) < 4.78 is 5.18. The van der Waals surface area contributed by atoms with Crippen molar-refractivity contribution in [3.8, 4) is 11.5 Å². The number of nitrogens with one attached hydrogen (secondary N) is 1. The van der Waals surface area contributed by atoms with E-state index in [0.717, 1.165) is 5.57 Å². The van der Waals surface area contributed by atoms with E-state index in [-0.39, 0.29) is 0 Å². The maximum atomic E-state index is 8.40. The molecule has 1 aliphatic rings. The molecule has 7 heteroatoms. The number of nitrogens with two attached hydrogens (primary N) is 1. The van der Waals surface area contributed by atoms with E-state index in [1.807, 2.05) is 0 Å². The molecule has 2 heterocycles. The van der Waals surface area contributed by atoms with Crippen LogP contribution < -0.4 is 5.73 Å². The van der Waals surface area contributed by atoms with Crippen LogP contribution in [0, 0.1) is 5.41 Å². The summed E-state index contributed by atoms with van der Waals surface area (Å²) in [6, 6.07) is 5.26. The number of hydrogen-bond acceptors (Lipinski definition) is 6. The van der Waals surface area contributed by atoms with Crippen LogP contribution in [0.15, 0.2) is 56.9 Å². The number of rotatable bonds is 3. The Kier molecular flexibility index (Phi) is 3.84. The van der Waals surface area contributed by atoms with Gasteiger partial charge >= 0.3 is 0 Å².